The van der Waals surface area contributed by atoms with E-state index in [1.165, 1.54) is 12.1 Å². The summed E-state index contributed by atoms with van der Waals surface area (Å²) in [5, 5.41) is 17.7. The summed E-state index contributed by atoms with van der Waals surface area (Å²) in [6, 6.07) is 29.9. The molecule has 0 aliphatic carbocycles. The molecule has 0 aliphatic heterocycles. The number of nitrogens with one attached hydrogen (secondary N) is 3. The molecule has 0 aliphatic rings. The molecule has 0 saturated carbocycles. The van der Waals surface area contributed by atoms with Crippen molar-refractivity contribution in [3.05, 3.63) is 138 Å². The van der Waals surface area contributed by atoms with E-state index in [0.29, 0.717) is 5.69 Å². The molecule has 0 heterocycles. The number of para-hydroxylation sites is 2. The van der Waals surface area contributed by atoms with Crippen LogP contribution < -0.4 is 16.0 Å². The summed E-state index contributed by atoms with van der Waals surface area (Å²) in [5.74, 6) is -2.79. The van der Waals surface area contributed by atoms with Crippen LogP contribution in [0.3, 0.4) is 0 Å². The van der Waals surface area contributed by atoms with Gasteiger partial charge in [-0.2, -0.15) is 0 Å². The molecular weight excluding hydrogens is 506 g/mol. The van der Waals surface area contributed by atoms with E-state index in [0.717, 1.165) is 11.1 Å². The molecule has 0 spiro atoms. The normalized spacial score (nSPS) is 11.4. The molecule has 4 aromatic carbocycles. The van der Waals surface area contributed by atoms with Gasteiger partial charge >= 0.3 is 5.97 Å². The van der Waals surface area contributed by atoms with Crippen molar-refractivity contribution >= 4 is 41.1 Å². The van der Waals surface area contributed by atoms with Gasteiger partial charge in [-0.15, -0.1) is 0 Å². The van der Waals surface area contributed by atoms with Crippen LogP contribution in [-0.2, 0) is 16.0 Å². The topological polar surface area (TPSA) is 125 Å². The number of amides is 3. The van der Waals surface area contributed by atoms with Crippen molar-refractivity contribution in [3.8, 4) is 0 Å². The highest BCUT2D eigenvalue weighted by Crippen LogP contribution is 2.21. The lowest BCUT2D eigenvalue weighted by Crippen LogP contribution is -2.42. The minimum absolute atomic E-state index is 0.0994. The predicted molar refractivity (Wildman–Crippen MR) is 154 cm³/mol. The Bertz CT molecular complexity index is 1530. The van der Waals surface area contributed by atoms with E-state index < -0.39 is 29.7 Å². The minimum atomic E-state index is -1.18. The molecule has 4 aromatic rings. The van der Waals surface area contributed by atoms with Gasteiger partial charge in [0.15, 0.2) is 0 Å². The maximum atomic E-state index is 13.2. The first-order chi connectivity index (χ1) is 19.4. The van der Waals surface area contributed by atoms with Crippen molar-refractivity contribution in [3.63, 3.8) is 0 Å². The predicted octanol–water partition coefficient (Wildman–Crippen LogP) is 5.02. The number of rotatable bonds is 10. The van der Waals surface area contributed by atoms with Crippen LogP contribution in [0.1, 0.15) is 31.8 Å². The molecule has 40 heavy (non-hydrogen) atoms. The Balaban J connectivity index is 1.48. The van der Waals surface area contributed by atoms with Crippen LogP contribution in [0.15, 0.2) is 115 Å². The number of carboxylic acids is 1. The molecule has 8 nitrogen and oxygen atoms in total. The van der Waals surface area contributed by atoms with Crippen LogP contribution in [0, 0.1) is 0 Å². The molecule has 1 unspecified atom stereocenters. The standard InChI is InChI=1S/C32H27N3O5/c36-29(20-19-22-11-3-1-4-12-22)33-26-17-9-7-15-24(26)30(37)34-27-18-10-8-16-25(27)31(38)35-28(32(39)40)21-23-13-5-2-6-14-23/h1-20,28H,21H2,(H,33,36)(H,34,37)(H,35,38)(H,39,40)/b20-19+. The van der Waals surface area contributed by atoms with Crippen molar-refractivity contribution in [1.29, 1.82) is 0 Å². The SMILES string of the molecule is O=C(/C=C/c1ccccc1)Nc1ccccc1C(=O)Nc1ccccc1C(=O)NC(Cc1ccccc1)C(=O)O. The Morgan fingerprint density at radius 3 is 1.80 bits per heavy atom. The highest BCUT2D eigenvalue weighted by molar-refractivity contribution is 6.14. The van der Waals surface area contributed by atoms with Crippen LogP contribution in [0.4, 0.5) is 11.4 Å². The highest BCUT2D eigenvalue weighted by Gasteiger charge is 2.23. The van der Waals surface area contributed by atoms with Gasteiger partial charge in [0.2, 0.25) is 5.91 Å². The summed E-state index contributed by atoms with van der Waals surface area (Å²) in [4.78, 5) is 50.7. The summed E-state index contributed by atoms with van der Waals surface area (Å²) >= 11 is 0. The third kappa shape index (κ3) is 7.52. The van der Waals surface area contributed by atoms with Gasteiger partial charge in [-0.05, 0) is 41.5 Å². The Labute approximate surface area is 231 Å². The fourth-order valence-corrected chi connectivity index (χ4v) is 3.97. The van der Waals surface area contributed by atoms with E-state index in [2.05, 4.69) is 16.0 Å². The maximum Gasteiger partial charge on any atom is 0.326 e. The Morgan fingerprint density at radius 2 is 1.18 bits per heavy atom. The van der Waals surface area contributed by atoms with E-state index in [-0.39, 0.29) is 23.2 Å². The van der Waals surface area contributed by atoms with Gasteiger partial charge in [0.1, 0.15) is 6.04 Å². The maximum absolute atomic E-state index is 13.2. The van der Waals surface area contributed by atoms with Crippen molar-refractivity contribution in [2.75, 3.05) is 10.6 Å². The number of anilines is 2. The summed E-state index contributed by atoms with van der Waals surface area (Å²) in [5.41, 5.74) is 2.38. The molecule has 8 heteroatoms. The average molecular weight is 534 g/mol. The van der Waals surface area contributed by atoms with Gasteiger partial charge in [-0.3, -0.25) is 14.4 Å². The molecule has 4 N–H and O–H groups in total. The first-order valence-electron chi connectivity index (χ1n) is 12.5. The zero-order valence-corrected chi connectivity index (χ0v) is 21.4. The Hall–Kier alpha value is -5.50. The van der Waals surface area contributed by atoms with Crippen LogP contribution in [0.2, 0.25) is 0 Å². The first kappa shape index (κ1) is 27.5. The van der Waals surface area contributed by atoms with Gasteiger partial charge in [0.05, 0.1) is 22.5 Å². The first-order valence-corrected chi connectivity index (χ1v) is 12.5. The van der Waals surface area contributed by atoms with Gasteiger partial charge < -0.3 is 21.1 Å². The number of benzene rings is 4. The molecule has 0 saturated heterocycles. The molecule has 0 fully saturated rings. The number of carbonyl (C=O) groups excluding carboxylic acids is 3. The summed E-state index contributed by atoms with van der Waals surface area (Å²) < 4.78 is 0. The number of aliphatic carboxylic acids is 1. The van der Waals surface area contributed by atoms with Gasteiger partial charge in [0, 0.05) is 12.5 Å². The van der Waals surface area contributed by atoms with Crippen LogP contribution in [0.25, 0.3) is 6.08 Å². The fraction of sp³-hybridized carbons (Fsp3) is 0.0625. The highest BCUT2D eigenvalue weighted by atomic mass is 16.4. The Morgan fingerprint density at radius 1 is 0.650 bits per heavy atom. The molecule has 3 amide bonds. The lowest BCUT2D eigenvalue weighted by molar-refractivity contribution is -0.139. The number of hydrogen-bond acceptors (Lipinski definition) is 4. The lowest BCUT2D eigenvalue weighted by Gasteiger charge is -2.17. The van der Waals surface area contributed by atoms with Crippen LogP contribution >= 0.6 is 0 Å². The zero-order chi connectivity index (χ0) is 28.3. The molecule has 0 aromatic heterocycles. The van der Waals surface area contributed by atoms with E-state index in [9.17, 15) is 24.3 Å². The van der Waals surface area contributed by atoms with Gasteiger partial charge in [-0.1, -0.05) is 84.9 Å². The smallest absolute Gasteiger partial charge is 0.326 e. The Kier molecular flexibility index (Phi) is 9.18. The second-order valence-electron chi connectivity index (χ2n) is 8.83. The van der Waals surface area contributed by atoms with Crippen LogP contribution in [-0.4, -0.2) is 34.8 Å². The van der Waals surface area contributed by atoms with E-state index in [1.807, 2.05) is 36.4 Å². The second kappa shape index (κ2) is 13.3. The number of carbonyl (C=O) groups is 4. The number of hydrogen-bond donors (Lipinski definition) is 4. The van der Waals surface area contributed by atoms with Gasteiger partial charge in [-0.25, -0.2) is 4.79 Å². The monoisotopic (exact) mass is 533 g/mol. The third-order valence-electron chi connectivity index (χ3n) is 5.96. The largest absolute Gasteiger partial charge is 0.480 e. The van der Waals surface area contributed by atoms with Gasteiger partial charge in [0.25, 0.3) is 11.8 Å². The van der Waals surface area contributed by atoms with E-state index >= 15 is 0 Å². The number of carboxylic acid groups (broad SMARTS) is 1. The van der Waals surface area contributed by atoms with Crippen LogP contribution in [0.5, 0.6) is 0 Å². The fourth-order valence-electron chi connectivity index (χ4n) is 3.97. The molecule has 1 atom stereocenters. The summed E-state index contributed by atoms with van der Waals surface area (Å²) in [6.45, 7) is 0. The molecule has 4 rings (SSSR count). The molecule has 0 bridgehead atoms. The van der Waals surface area contributed by atoms with Crippen molar-refractivity contribution < 1.29 is 24.3 Å². The van der Waals surface area contributed by atoms with Crippen molar-refractivity contribution in [2.45, 2.75) is 12.5 Å². The molecule has 200 valence electrons. The van der Waals surface area contributed by atoms with E-state index in [1.54, 1.807) is 72.8 Å². The quantitative estimate of drug-likeness (QED) is 0.213. The van der Waals surface area contributed by atoms with E-state index in [4.69, 9.17) is 0 Å². The lowest BCUT2D eigenvalue weighted by atomic mass is 10.0. The third-order valence-corrected chi connectivity index (χ3v) is 5.96. The average Bonchev–Trinajstić information content (AvgIpc) is 2.97. The van der Waals surface area contributed by atoms with Crippen molar-refractivity contribution in [1.82, 2.24) is 5.32 Å². The second-order valence-corrected chi connectivity index (χ2v) is 8.83. The summed E-state index contributed by atoms with van der Waals surface area (Å²) in [7, 11) is 0. The zero-order valence-electron chi connectivity index (χ0n) is 21.4. The summed E-state index contributed by atoms with van der Waals surface area (Å²) in [6.07, 6.45) is 3.13. The molecular formula is C32H27N3O5. The molecule has 0 radical (unpaired) electrons. The van der Waals surface area contributed by atoms with Crippen molar-refractivity contribution in [2.24, 2.45) is 0 Å². The minimum Gasteiger partial charge on any atom is -0.480 e.